The van der Waals surface area contributed by atoms with Crippen LogP contribution in [0.2, 0.25) is 0 Å². The Labute approximate surface area is 105 Å². The quantitative estimate of drug-likeness (QED) is 0.721. The number of piperazine rings is 1. The third-order valence-electron chi connectivity index (χ3n) is 3.00. The standard InChI is InChI=1S/C12H17FN4O/c13-10-3-1-2-4-11(10)16-12(18)17-6-5-15-8-9(17)7-14/h1-4,9,15H,5-8,14H2,(H,16,18). The third kappa shape index (κ3) is 2.77. The molecule has 4 N–H and O–H groups in total. The molecule has 1 aliphatic rings. The van der Waals surface area contributed by atoms with Crippen LogP contribution < -0.4 is 16.4 Å². The maximum absolute atomic E-state index is 13.4. The first-order valence-electron chi connectivity index (χ1n) is 5.95. The highest BCUT2D eigenvalue weighted by Crippen LogP contribution is 2.14. The monoisotopic (exact) mass is 252 g/mol. The lowest BCUT2D eigenvalue weighted by molar-refractivity contribution is 0.173. The predicted molar refractivity (Wildman–Crippen MR) is 67.8 cm³/mol. The molecule has 1 saturated heterocycles. The third-order valence-corrected chi connectivity index (χ3v) is 3.00. The van der Waals surface area contributed by atoms with Gasteiger partial charge in [-0.1, -0.05) is 12.1 Å². The van der Waals surface area contributed by atoms with Gasteiger partial charge in [-0.25, -0.2) is 9.18 Å². The van der Waals surface area contributed by atoms with Gasteiger partial charge in [0.15, 0.2) is 0 Å². The zero-order chi connectivity index (χ0) is 13.0. The van der Waals surface area contributed by atoms with Gasteiger partial charge in [0.2, 0.25) is 0 Å². The fourth-order valence-corrected chi connectivity index (χ4v) is 1.99. The summed E-state index contributed by atoms with van der Waals surface area (Å²) in [5.74, 6) is -0.440. The Hall–Kier alpha value is -1.66. The van der Waals surface area contributed by atoms with E-state index in [-0.39, 0.29) is 17.8 Å². The molecule has 1 unspecified atom stereocenters. The molecule has 1 aromatic rings. The van der Waals surface area contributed by atoms with Crippen molar-refractivity contribution in [2.45, 2.75) is 6.04 Å². The molecule has 1 atom stereocenters. The number of hydrogen-bond donors (Lipinski definition) is 3. The number of nitrogens with one attached hydrogen (secondary N) is 2. The van der Waals surface area contributed by atoms with Gasteiger partial charge >= 0.3 is 6.03 Å². The molecule has 0 bridgehead atoms. The molecule has 1 aliphatic heterocycles. The number of para-hydroxylation sites is 1. The summed E-state index contributed by atoms with van der Waals surface area (Å²) < 4.78 is 13.4. The number of amides is 2. The van der Waals surface area contributed by atoms with Crippen molar-refractivity contribution in [1.82, 2.24) is 10.2 Å². The summed E-state index contributed by atoms with van der Waals surface area (Å²) in [6, 6.07) is 5.75. The van der Waals surface area contributed by atoms with Gasteiger partial charge in [-0.2, -0.15) is 0 Å². The van der Waals surface area contributed by atoms with Crippen LogP contribution in [0.3, 0.4) is 0 Å². The molecule has 0 aliphatic carbocycles. The smallest absolute Gasteiger partial charge is 0.322 e. The number of carbonyl (C=O) groups excluding carboxylic acids is 1. The Bertz CT molecular complexity index is 426. The first kappa shape index (κ1) is 12.8. The second kappa shape index (κ2) is 5.79. The van der Waals surface area contributed by atoms with Crippen molar-refractivity contribution < 1.29 is 9.18 Å². The van der Waals surface area contributed by atoms with Crippen LogP contribution in [0.15, 0.2) is 24.3 Å². The Balaban J connectivity index is 2.05. The molecule has 1 heterocycles. The SMILES string of the molecule is NCC1CNCCN1C(=O)Nc1ccccc1F. The van der Waals surface area contributed by atoms with Crippen molar-refractivity contribution in [2.75, 3.05) is 31.5 Å². The van der Waals surface area contributed by atoms with Crippen LogP contribution in [0, 0.1) is 5.82 Å². The van der Waals surface area contributed by atoms with Crippen LogP contribution in [0.25, 0.3) is 0 Å². The molecule has 0 radical (unpaired) electrons. The minimum Gasteiger partial charge on any atom is -0.328 e. The van der Waals surface area contributed by atoms with E-state index in [0.717, 1.165) is 6.54 Å². The number of benzene rings is 1. The van der Waals surface area contributed by atoms with E-state index < -0.39 is 5.82 Å². The van der Waals surface area contributed by atoms with E-state index in [0.29, 0.717) is 19.6 Å². The van der Waals surface area contributed by atoms with Crippen molar-refractivity contribution in [3.05, 3.63) is 30.1 Å². The van der Waals surface area contributed by atoms with E-state index in [1.54, 1.807) is 17.0 Å². The molecule has 6 heteroatoms. The molecular formula is C12H17FN4O. The molecule has 1 fully saturated rings. The number of anilines is 1. The van der Waals surface area contributed by atoms with Crippen LogP contribution in [0.4, 0.5) is 14.9 Å². The Morgan fingerprint density at radius 3 is 3.06 bits per heavy atom. The first-order chi connectivity index (χ1) is 8.72. The van der Waals surface area contributed by atoms with Crippen LogP contribution in [0.1, 0.15) is 0 Å². The minimum absolute atomic E-state index is 0.0504. The molecule has 0 saturated carbocycles. The van der Waals surface area contributed by atoms with Crippen molar-refractivity contribution in [1.29, 1.82) is 0 Å². The van der Waals surface area contributed by atoms with Gasteiger partial charge in [-0.05, 0) is 12.1 Å². The second-order valence-corrected chi connectivity index (χ2v) is 4.20. The van der Waals surface area contributed by atoms with Crippen LogP contribution in [0.5, 0.6) is 0 Å². The summed E-state index contributed by atoms with van der Waals surface area (Å²) in [6.45, 7) is 2.35. The summed E-state index contributed by atoms with van der Waals surface area (Å²) in [6.07, 6.45) is 0. The van der Waals surface area contributed by atoms with E-state index in [1.807, 2.05) is 0 Å². The number of rotatable bonds is 2. The molecule has 0 spiro atoms. The van der Waals surface area contributed by atoms with E-state index in [4.69, 9.17) is 5.73 Å². The molecular weight excluding hydrogens is 235 g/mol. The van der Waals surface area contributed by atoms with E-state index in [1.165, 1.54) is 12.1 Å². The van der Waals surface area contributed by atoms with Crippen molar-refractivity contribution >= 4 is 11.7 Å². The lowest BCUT2D eigenvalue weighted by Crippen LogP contribution is -2.57. The van der Waals surface area contributed by atoms with Gasteiger partial charge in [-0.15, -0.1) is 0 Å². The number of halogens is 1. The average molecular weight is 252 g/mol. The van der Waals surface area contributed by atoms with Crippen molar-refractivity contribution in [3.8, 4) is 0 Å². The van der Waals surface area contributed by atoms with Crippen LogP contribution in [-0.2, 0) is 0 Å². The number of nitrogens with two attached hydrogens (primary N) is 1. The average Bonchev–Trinajstić information content (AvgIpc) is 2.41. The number of nitrogens with zero attached hydrogens (tertiary/aromatic N) is 1. The van der Waals surface area contributed by atoms with Gasteiger partial charge in [0.25, 0.3) is 0 Å². The highest BCUT2D eigenvalue weighted by Gasteiger charge is 2.25. The summed E-state index contributed by atoms with van der Waals surface area (Å²) >= 11 is 0. The molecule has 5 nitrogen and oxygen atoms in total. The van der Waals surface area contributed by atoms with Crippen molar-refractivity contribution in [3.63, 3.8) is 0 Å². The first-order valence-corrected chi connectivity index (χ1v) is 5.95. The lowest BCUT2D eigenvalue weighted by Gasteiger charge is -2.35. The predicted octanol–water partition coefficient (Wildman–Crippen LogP) is 0.590. The molecule has 2 rings (SSSR count). The van der Waals surface area contributed by atoms with E-state index in [2.05, 4.69) is 10.6 Å². The normalized spacial score (nSPS) is 19.7. The molecule has 0 aromatic heterocycles. The number of urea groups is 1. The fraction of sp³-hybridized carbons (Fsp3) is 0.417. The molecule has 18 heavy (non-hydrogen) atoms. The fourth-order valence-electron chi connectivity index (χ4n) is 1.99. The highest BCUT2D eigenvalue weighted by atomic mass is 19.1. The van der Waals surface area contributed by atoms with E-state index >= 15 is 0 Å². The van der Waals surface area contributed by atoms with Gasteiger partial charge in [-0.3, -0.25) is 0 Å². The van der Waals surface area contributed by atoms with E-state index in [9.17, 15) is 9.18 Å². The van der Waals surface area contributed by atoms with Gasteiger partial charge < -0.3 is 21.3 Å². The molecule has 98 valence electrons. The van der Waals surface area contributed by atoms with Crippen molar-refractivity contribution in [2.24, 2.45) is 5.73 Å². The highest BCUT2D eigenvalue weighted by molar-refractivity contribution is 5.89. The summed E-state index contributed by atoms with van der Waals surface area (Å²) in [5, 5.41) is 5.74. The van der Waals surface area contributed by atoms with Gasteiger partial charge in [0.05, 0.1) is 11.7 Å². The zero-order valence-corrected chi connectivity index (χ0v) is 10.0. The summed E-state index contributed by atoms with van der Waals surface area (Å²) in [5.41, 5.74) is 5.81. The van der Waals surface area contributed by atoms with Gasteiger partial charge in [0.1, 0.15) is 5.82 Å². The lowest BCUT2D eigenvalue weighted by atomic mass is 10.2. The summed E-state index contributed by atoms with van der Waals surface area (Å²) in [4.78, 5) is 13.7. The van der Waals surface area contributed by atoms with Crippen LogP contribution in [-0.4, -0.2) is 43.2 Å². The summed E-state index contributed by atoms with van der Waals surface area (Å²) in [7, 11) is 0. The minimum atomic E-state index is -0.440. The Kier molecular flexibility index (Phi) is 4.11. The number of carbonyl (C=O) groups is 1. The topological polar surface area (TPSA) is 70.4 Å². The van der Waals surface area contributed by atoms with Gasteiger partial charge in [0, 0.05) is 26.2 Å². The largest absolute Gasteiger partial charge is 0.328 e. The molecule has 1 aromatic carbocycles. The van der Waals surface area contributed by atoms with Crippen LogP contribution >= 0.6 is 0 Å². The molecule has 2 amide bonds. The maximum Gasteiger partial charge on any atom is 0.322 e. The number of hydrogen-bond acceptors (Lipinski definition) is 3. The second-order valence-electron chi connectivity index (χ2n) is 4.20. The Morgan fingerprint density at radius 2 is 2.33 bits per heavy atom. The maximum atomic E-state index is 13.4. The zero-order valence-electron chi connectivity index (χ0n) is 10.0. The Morgan fingerprint density at radius 1 is 1.56 bits per heavy atom.